The van der Waals surface area contributed by atoms with Crippen molar-refractivity contribution in [2.45, 2.75) is 13.8 Å². The molecule has 0 aliphatic heterocycles. The van der Waals surface area contributed by atoms with E-state index in [9.17, 15) is 4.79 Å². The van der Waals surface area contributed by atoms with Crippen LogP contribution in [0.2, 0.25) is 5.02 Å². The number of carbonyl (C=O) groups is 1. The second-order valence-corrected chi connectivity index (χ2v) is 4.75. The van der Waals surface area contributed by atoms with E-state index in [-0.39, 0.29) is 0 Å². The van der Waals surface area contributed by atoms with Gasteiger partial charge in [-0.05, 0) is 32.0 Å². The zero-order valence-electron chi connectivity index (χ0n) is 11.2. The number of hydrogen-bond acceptors (Lipinski definition) is 2. The first-order chi connectivity index (χ1) is 9.50. The zero-order chi connectivity index (χ0) is 14.7. The molecule has 0 unspecified atom stereocenters. The van der Waals surface area contributed by atoms with Gasteiger partial charge in [-0.15, -0.1) is 0 Å². The molecular weight excluding hydrogens is 276 g/mol. The summed E-state index contributed by atoms with van der Waals surface area (Å²) >= 11 is 6.23. The van der Waals surface area contributed by atoms with Crippen molar-refractivity contribution in [3.8, 4) is 5.69 Å². The van der Waals surface area contributed by atoms with Gasteiger partial charge in [0.05, 0.1) is 16.9 Å². The number of para-hydroxylation sites is 1. The molecule has 1 heterocycles. The van der Waals surface area contributed by atoms with Crippen LogP contribution in [-0.4, -0.2) is 16.8 Å². The Kier molecular flexibility index (Phi) is 4.10. The number of aryl methyl sites for hydroxylation is 1. The lowest BCUT2D eigenvalue weighted by molar-refractivity contribution is 0.249. The van der Waals surface area contributed by atoms with Crippen LogP contribution in [0.3, 0.4) is 0 Å². The number of urea groups is 1. The third-order valence-electron chi connectivity index (χ3n) is 2.94. The van der Waals surface area contributed by atoms with E-state index in [2.05, 4.69) is 10.5 Å². The number of hydrogen-bond donors (Lipinski definition) is 2. The second kappa shape index (κ2) is 5.79. The lowest BCUT2D eigenvalue weighted by Gasteiger charge is -2.11. The van der Waals surface area contributed by atoms with Gasteiger partial charge < -0.3 is 10.3 Å². The van der Waals surface area contributed by atoms with E-state index in [1.165, 1.54) is 0 Å². The Labute approximate surface area is 122 Å². The molecule has 2 rings (SSSR count). The molecule has 0 spiro atoms. The summed E-state index contributed by atoms with van der Waals surface area (Å²) in [6.45, 7) is 3.94. The molecule has 104 valence electrons. The minimum absolute atomic E-state index is 0.674. The number of nitrogens with two attached hydrogens (primary N) is 1. The summed E-state index contributed by atoms with van der Waals surface area (Å²) in [5.41, 5.74) is 10.9. The maximum absolute atomic E-state index is 10.6. The number of benzene rings is 1. The fourth-order valence-electron chi connectivity index (χ4n) is 2.09. The summed E-state index contributed by atoms with van der Waals surface area (Å²) in [6, 6.07) is 8.89. The van der Waals surface area contributed by atoms with Gasteiger partial charge in [0.15, 0.2) is 0 Å². The predicted molar refractivity (Wildman–Crippen MR) is 80.6 cm³/mol. The van der Waals surface area contributed by atoms with Crippen LogP contribution in [-0.2, 0) is 0 Å². The van der Waals surface area contributed by atoms with Crippen LogP contribution in [0.1, 0.15) is 17.0 Å². The van der Waals surface area contributed by atoms with Crippen molar-refractivity contribution in [3.63, 3.8) is 0 Å². The SMILES string of the molecule is Cc1cc(/C=N/NC(N)=O)c(C)n1-c1ccccc1Cl. The number of primary amides is 1. The molecule has 2 aromatic rings. The first-order valence-corrected chi connectivity index (χ1v) is 6.41. The maximum atomic E-state index is 10.6. The second-order valence-electron chi connectivity index (χ2n) is 4.35. The topological polar surface area (TPSA) is 72.4 Å². The average Bonchev–Trinajstić information content (AvgIpc) is 2.65. The van der Waals surface area contributed by atoms with Crippen molar-refractivity contribution < 1.29 is 4.79 Å². The van der Waals surface area contributed by atoms with E-state index in [4.69, 9.17) is 17.3 Å². The van der Waals surface area contributed by atoms with E-state index in [1.807, 2.05) is 48.7 Å². The largest absolute Gasteiger partial charge is 0.350 e. The third-order valence-corrected chi connectivity index (χ3v) is 3.26. The number of carbonyl (C=O) groups excluding carboxylic acids is 1. The number of amides is 2. The molecule has 3 N–H and O–H groups in total. The molecular formula is C14H15ClN4O. The molecule has 0 radical (unpaired) electrons. The Balaban J connectivity index is 2.42. The van der Waals surface area contributed by atoms with Gasteiger partial charge in [-0.25, -0.2) is 10.2 Å². The van der Waals surface area contributed by atoms with E-state index in [0.717, 1.165) is 22.6 Å². The molecule has 0 aliphatic carbocycles. The Morgan fingerprint density at radius 1 is 1.40 bits per heavy atom. The Bertz CT molecular complexity index is 676. The van der Waals surface area contributed by atoms with Crippen molar-refractivity contribution in [2.24, 2.45) is 10.8 Å². The van der Waals surface area contributed by atoms with Crippen molar-refractivity contribution in [1.82, 2.24) is 9.99 Å². The van der Waals surface area contributed by atoms with Crippen LogP contribution >= 0.6 is 11.6 Å². The highest BCUT2D eigenvalue weighted by Crippen LogP contribution is 2.25. The molecule has 2 amide bonds. The van der Waals surface area contributed by atoms with Gasteiger partial charge in [0.25, 0.3) is 0 Å². The van der Waals surface area contributed by atoms with Gasteiger partial charge >= 0.3 is 6.03 Å². The van der Waals surface area contributed by atoms with Gasteiger partial charge in [-0.2, -0.15) is 5.10 Å². The smallest absolute Gasteiger partial charge is 0.332 e. The van der Waals surface area contributed by atoms with Crippen LogP contribution in [0.4, 0.5) is 4.79 Å². The highest BCUT2D eigenvalue weighted by atomic mass is 35.5. The summed E-state index contributed by atoms with van der Waals surface area (Å²) < 4.78 is 2.04. The first-order valence-electron chi connectivity index (χ1n) is 6.03. The van der Waals surface area contributed by atoms with E-state index in [0.29, 0.717) is 5.02 Å². The minimum Gasteiger partial charge on any atom is -0.350 e. The number of nitrogens with one attached hydrogen (secondary N) is 1. The molecule has 20 heavy (non-hydrogen) atoms. The molecule has 0 saturated heterocycles. The highest BCUT2D eigenvalue weighted by Gasteiger charge is 2.11. The molecule has 1 aromatic heterocycles. The molecule has 0 bridgehead atoms. The number of aromatic nitrogens is 1. The van der Waals surface area contributed by atoms with Gasteiger partial charge in [0.1, 0.15) is 0 Å². The Morgan fingerprint density at radius 3 is 2.75 bits per heavy atom. The highest BCUT2D eigenvalue weighted by molar-refractivity contribution is 6.32. The average molecular weight is 291 g/mol. The lowest BCUT2D eigenvalue weighted by atomic mass is 10.2. The molecule has 0 atom stereocenters. The van der Waals surface area contributed by atoms with Crippen LogP contribution in [0.25, 0.3) is 5.69 Å². The summed E-state index contributed by atoms with van der Waals surface area (Å²) in [5.74, 6) is 0. The molecule has 6 heteroatoms. The van der Waals surface area contributed by atoms with E-state index < -0.39 is 6.03 Å². The number of halogens is 1. The molecule has 5 nitrogen and oxygen atoms in total. The fraction of sp³-hybridized carbons (Fsp3) is 0.143. The van der Waals surface area contributed by atoms with Crippen LogP contribution in [0, 0.1) is 13.8 Å². The monoisotopic (exact) mass is 290 g/mol. The molecule has 0 aliphatic rings. The lowest BCUT2D eigenvalue weighted by Crippen LogP contribution is -2.24. The van der Waals surface area contributed by atoms with Crippen molar-refractivity contribution in [1.29, 1.82) is 0 Å². The summed E-state index contributed by atoms with van der Waals surface area (Å²) in [4.78, 5) is 10.6. The number of rotatable bonds is 3. The van der Waals surface area contributed by atoms with Crippen LogP contribution < -0.4 is 11.2 Å². The zero-order valence-corrected chi connectivity index (χ0v) is 12.0. The standard InChI is InChI=1S/C14H15ClN4O/c1-9-7-11(8-17-18-14(16)20)10(2)19(9)13-6-4-3-5-12(13)15/h3-8H,1-2H3,(H3,16,18,20)/b17-8+. The van der Waals surface area contributed by atoms with Crippen LogP contribution in [0.5, 0.6) is 0 Å². The number of hydrazone groups is 1. The van der Waals surface area contributed by atoms with Gasteiger partial charge in [-0.3, -0.25) is 0 Å². The quantitative estimate of drug-likeness (QED) is 0.662. The van der Waals surface area contributed by atoms with Gasteiger partial charge in [-0.1, -0.05) is 23.7 Å². The summed E-state index contributed by atoms with van der Waals surface area (Å²) in [7, 11) is 0. The normalized spacial score (nSPS) is 10.9. The molecule has 0 saturated carbocycles. The van der Waals surface area contributed by atoms with E-state index >= 15 is 0 Å². The van der Waals surface area contributed by atoms with Gasteiger partial charge in [0.2, 0.25) is 0 Å². The van der Waals surface area contributed by atoms with E-state index in [1.54, 1.807) is 6.21 Å². The Hall–Kier alpha value is -2.27. The maximum Gasteiger partial charge on any atom is 0.332 e. The van der Waals surface area contributed by atoms with Crippen molar-refractivity contribution in [3.05, 3.63) is 52.3 Å². The summed E-state index contributed by atoms with van der Waals surface area (Å²) in [6.07, 6.45) is 1.56. The molecule has 0 fully saturated rings. The third kappa shape index (κ3) is 2.83. The molecule has 1 aromatic carbocycles. The van der Waals surface area contributed by atoms with Crippen molar-refractivity contribution in [2.75, 3.05) is 0 Å². The van der Waals surface area contributed by atoms with Crippen molar-refractivity contribution >= 4 is 23.8 Å². The predicted octanol–water partition coefficient (Wildman–Crippen LogP) is 2.75. The first kappa shape index (κ1) is 14.1. The Morgan fingerprint density at radius 2 is 2.10 bits per heavy atom. The minimum atomic E-state index is -0.693. The fourth-order valence-corrected chi connectivity index (χ4v) is 2.31. The van der Waals surface area contributed by atoms with Crippen LogP contribution in [0.15, 0.2) is 35.4 Å². The van der Waals surface area contributed by atoms with Gasteiger partial charge in [0, 0.05) is 17.0 Å². The number of nitrogens with zero attached hydrogens (tertiary/aromatic N) is 2. The summed E-state index contributed by atoms with van der Waals surface area (Å²) in [5, 5.41) is 4.45.